The summed E-state index contributed by atoms with van der Waals surface area (Å²) in [5.41, 5.74) is 2.83. The van der Waals surface area contributed by atoms with Gasteiger partial charge in [-0.1, -0.05) is 30.7 Å². The molecule has 1 aromatic rings. The Morgan fingerprint density at radius 2 is 2.12 bits per heavy atom. The van der Waals surface area contributed by atoms with Gasteiger partial charge in [-0.05, 0) is 66.3 Å². The van der Waals surface area contributed by atoms with E-state index >= 15 is 0 Å². The van der Waals surface area contributed by atoms with E-state index in [0.717, 1.165) is 18.4 Å². The van der Waals surface area contributed by atoms with Crippen LogP contribution in [0.4, 0.5) is 5.69 Å². The first-order chi connectivity index (χ1) is 8.15. The van der Waals surface area contributed by atoms with E-state index in [1.165, 1.54) is 22.1 Å². The number of anilines is 1. The minimum atomic E-state index is 0.741. The van der Waals surface area contributed by atoms with E-state index in [1.807, 2.05) is 0 Å². The Kier molecular flexibility index (Phi) is 4.48. The standard InChI is InChI=1S/C15H20IN/c1-11-7-12(2)9-13(8-11)10-17-15-6-4-3-5-14(15)16/h3-7,11,13,17H,8-10H2,1-2H3. The highest BCUT2D eigenvalue weighted by Crippen LogP contribution is 2.28. The van der Waals surface area contributed by atoms with Gasteiger partial charge in [-0.3, -0.25) is 0 Å². The number of hydrogen-bond acceptors (Lipinski definition) is 1. The topological polar surface area (TPSA) is 12.0 Å². The summed E-state index contributed by atoms with van der Waals surface area (Å²) in [5, 5.41) is 3.59. The zero-order chi connectivity index (χ0) is 12.3. The van der Waals surface area contributed by atoms with Crippen LogP contribution in [0, 0.1) is 15.4 Å². The third-order valence-electron chi connectivity index (χ3n) is 3.34. The van der Waals surface area contributed by atoms with E-state index in [2.05, 4.69) is 72.1 Å². The fourth-order valence-corrected chi connectivity index (χ4v) is 3.28. The van der Waals surface area contributed by atoms with Crippen LogP contribution in [-0.4, -0.2) is 6.54 Å². The highest BCUT2D eigenvalue weighted by molar-refractivity contribution is 14.1. The van der Waals surface area contributed by atoms with Crippen molar-refractivity contribution in [2.45, 2.75) is 26.7 Å². The van der Waals surface area contributed by atoms with Gasteiger partial charge in [-0.2, -0.15) is 0 Å². The first-order valence-corrected chi connectivity index (χ1v) is 7.38. The summed E-state index contributed by atoms with van der Waals surface area (Å²) in [6.07, 6.45) is 4.98. The zero-order valence-corrected chi connectivity index (χ0v) is 12.7. The van der Waals surface area contributed by atoms with Gasteiger partial charge in [0.25, 0.3) is 0 Å². The maximum atomic E-state index is 3.59. The minimum absolute atomic E-state index is 0.741. The van der Waals surface area contributed by atoms with Crippen molar-refractivity contribution in [1.29, 1.82) is 0 Å². The summed E-state index contributed by atoms with van der Waals surface area (Å²) in [5.74, 6) is 1.52. The summed E-state index contributed by atoms with van der Waals surface area (Å²) in [4.78, 5) is 0. The Bertz CT molecular complexity index is 411. The van der Waals surface area contributed by atoms with Crippen molar-refractivity contribution >= 4 is 28.3 Å². The molecule has 2 atom stereocenters. The Morgan fingerprint density at radius 1 is 1.35 bits per heavy atom. The zero-order valence-electron chi connectivity index (χ0n) is 10.5. The molecule has 0 radical (unpaired) electrons. The lowest BCUT2D eigenvalue weighted by molar-refractivity contribution is 0.421. The van der Waals surface area contributed by atoms with E-state index in [1.54, 1.807) is 5.57 Å². The normalized spacial score (nSPS) is 24.3. The van der Waals surface area contributed by atoms with Crippen LogP contribution < -0.4 is 5.32 Å². The van der Waals surface area contributed by atoms with Crippen molar-refractivity contribution in [2.75, 3.05) is 11.9 Å². The molecule has 1 aromatic carbocycles. The average molecular weight is 341 g/mol. The molecular weight excluding hydrogens is 321 g/mol. The molecule has 0 aromatic heterocycles. The Hall–Kier alpha value is -0.510. The molecule has 0 aliphatic heterocycles. The quantitative estimate of drug-likeness (QED) is 0.621. The SMILES string of the molecule is CC1=CC(C)CC(CNc2ccccc2I)C1. The molecule has 0 fully saturated rings. The largest absolute Gasteiger partial charge is 0.384 e. The molecule has 2 unspecified atom stereocenters. The maximum Gasteiger partial charge on any atom is 0.0475 e. The third kappa shape index (κ3) is 3.73. The smallest absolute Gasteiger partial charge is 0.0475 e. The fraction of sp³-hybridized carbons (Fsp3) is 0.467. The van der Waals surface area contributed by atoms with E-state index in [0.29, 0.717) is 0 Å². The van der Waals surface area contributed by atoms with Crippen molar-refractivity contribution in [3.63, 3.8) is 0 Å². The molecular formula is C15H20IN. The molecule has 2 rings (SSSR count). The van der Waals surface area contributed by atoms with Crippen LogP contribution in [0.2, 0.25) is 0 Å². The van der Waals surface area contributed by atoms with Crippen LogP contribution >= 0.6 is 22.6 Å². The van der Waals surface area contributed by atoms with Gasteiger partial charge in [-0.25, -0.2) is 0 Å². The van der Waals surface area contributed by atoms with Crippen molar-refractivity contribution in [3.8, 4) is 0 Å². The number of halogens is 1. The number of nitrogens with one attached hydrogen (secondary N) is 1. The maximum absolute atomic E-state index is 3.59. The fourth-order valence-electron chi connectivity index (χ4n) is 2.70. The lowest BCUT2D eigenvalue weighted by Gasteiger charge is -2.26. The Morgan fingerprint density at radius 3 is 2.82 bits per heavy atom. The molecule has 1 aliphatic rings. The highest BCUT2D eigenvalue weighted by Gasteiger charge is 2.17. The van der Waals surface area contributed by atoms with Crippen LogP contribution in [0.3, 0.4) is 0 Å². The molecule has 17 heavy (non-hydrogen) atoms. The molecule has 0 spiro atoms. The molecule has 1 N–H and O–H groups in total. The van der Waals surface area contributed by atoms with Crippen LogP contribution in [0.1, 0.15) is 26.7 Å². The second-order valence-electron chi connectivity index (χ2n) is 5.16. The van der Waals surface area contributed by atoms with E-state index < -0.39 is 0 Å². The van der Waals surface area contributed by atoms with E-state index in [-0.39, 0.29) is 0 Å². The third-order valence-corrected chi connectivity index (χ3v) is 4.28. The van der Waals surface area contributed by atoms with Crippen molar-refractivity contribution in [3.05, 3.63) is 39.5 Å². The second kappa shape index (κ2) is 5.89. The average Bonchev–Trinajstić information content (AvgIpc) is 2.27. The molecule has 1 aliphatic carbocycles. The number of benzene rings is 1. The Balaban J connectivity index is 1.91. The lowest BCUT2D eigenvalue weighted by Crippen LogP contribution is -2.20. The molecule has 0 bridgehead atoms. The summed E-state index contributed by atoms with van der Waals surface area (Å²) in [6.45, 7) is 5.67. The van der Waals surface area contributed by atoms with Gasteiger partial charge >= 0.3 is 0 Å². The van der Waals surface area contributed by atoms with Crippen LogP contribution in [0.5, 0.6) is 0 Å². The summed E-state index contributed by atoms with van der Waals surface area (Å²) >= 11 is 2.39. The monoisotopic (exact) mass is 341 g/mol. The number of allylic oxidation sites excluding steroid dienone is 2. The minimum Gasteiger partial charge on any atom is -0.384 e. The van der Waals surface area contributed by atoms with Crippen molar-refractivity contribution in [1.82, 2.24) is 0 Å². The number of rotatable bonds is 3. The predicted molar refractivity (Wildman–Crippen MR) is 83.3 cm³/mol. The summed E-state index contributed by atoms with van der Waals surface area (Å²) in [6, 6.07) is 8.50. The first-order valence-electron chi connectivity index (χ1n) is 6.31. The first kappa shape index (κ1) is 12.9. The van der Waals surface area contributed by atoms with Gasteiger partial charge in [0, 0.05) is 15.8 Å². The molecule has 0 heterocycles. The van der Waals surface area contributed by atoms with Gasteiger partial charge in [0.15, 0.2) is 0 Å². The van der Waals surface area contributed by atoms with Gasteiger partial charge < -0.3 is 5.32 Å². The van der Waals surface area contributed by atoms with Crippen LogP contribution in [-0.2, 0) is 0 Å². The Labute approximate surface area is 118 Å². The van der Waals surface area contributed by atoms with Crippen molar-refractivity contribution < 1.29 is 0 Å². The van der Waals surface area contributed by atoms with Gasteiger partial charge in [0.1, 0.15) is 0 Å². The van der Waals surface area contributed by atoms with Gasteiger partial charge in [-0.15, -0.1) is 0 Å². The molecule has 0 saturated heterocycles. The number of hydrogen-bond donors (Lipinski definition) is 1. The lowest BCUT2D eigenvalue weighted by atomic mass is 9.84. The molecule has 0 saturated carbocycles. The molecule has 92 valence electrons. The number of para-hydroxylation sites is 1. The van der Waals surface area contributed by atoms with E-state index in [9.17, 15) is 0 Å². The van der Waals surface area contributed by atoms with Crippen molar-refractivity contribution in [2.24, 2.45) is 11.8 Å². The second-order valence-corrected chi connectivity index (χ2v) is 6.32. The molecule has 1 nitrogen and oxygen atoms in total. The van der Waals surface area contributed by atoms with Crippen LogP contribution in [0.25, 0.3) is 0 Å². The van der Waals surface area contributed by atoms with Crippen LogP contribution in [0.15, 0.2) is 35.9 Å². The molecule has 2 heteroatoms. The molecule has 0 amide bonds. The predicted octanol–water partition coefficient (Wildman–Crippen LogP) is 4.70. The summed E-state index contributed by atoms with van der Waals surface area (Å²) in [7, 11) is 0. The van der Waals surface area contributed by atoms with Gasteiger partial charge in [0.2, 0.25) is 0 Å². The van der Waals surface area contributed by atoms with Gasteiger partial charge in [0.05, 0.1) is 0 Å². The highest BCUT2D eigenvalue weighted by atomic mass is 127. The van der Waals surface area contributed by atoms with E-state index in [4.69, 9.17) is 0 Å². The summed E-state index contributed by atoms with van der Waals surface area (Å²) < 4.78 is 1.31.